The number of hydrogen-bond donors (Lipinski definition) is 1. The molecule has 2 aromatic carbocycles. The molecule has 2 aromatic rings. The van der Waals surface area contributed by atoms with Gasteiger partial charge in [0.2, 0.25) is 11.5 Å². The molecule has 0 saturated heterocycles. The maximum atomic E-state index is 13.9. The fourth-order valence-electron chi connectivity index (χ4n) is 2.77. The Morgan fingerprint density at radius 3 is 2.13 bits per heavy atom. The van der Waals surface area contributed by atoms with Crippen LogP contribution in [-0.4, -0.2) is 32.8 Å². The highest BCUT2D eigenvalue weighted by Gasteiger charge is 2.57. The first-order valence-corrected chi connectivity index (χ1v) is 8.82. The van der Waals surface area contributed by atoms with Crippen LogP contribution in [0.2, 0.25) is 0 Å². The molecule has 0 bridgehead atoms. The van der Waals surface area contributed by atoms with Gasteiger partial charge in [0.05, 0.1) is 19.2 Å². The molecular weight excluding hydrogens is 428 g/mol. The Morgan fingerprint density at radius 1 is 0.968 bits per heavy atom. The summed E-state index contributed by atoms with van der Waals surface area (Å²) in [6.45, 7) is -0.934. The van der Waals surface area contributed by atoms with Gasteiger partial charge in [0.15, 0.2) is 0 Å². The number of hydrogen-bond acceptors (Lipinski definition) is 3. The summed E-state index contributed by atoms with van der Waals surface area (Å²) in [7, 11) is 2.17. The van der Waals surface area contributed by atoms with E-state index in [1.807, 2.05) is 0 Å². The topological polar surface area (TPSA) is 47.6 Å². The highest BCUT2D eigenvalue weighted by atomic mass is 19.4. The van der Waals surface area contributed by atoms with Gasteiger partial charge in [-0.3, -0.25) is 4.79 Å². The van der Waals surface area contributed by atoms with Crippen LogP contribution in [0, 0.1) is 0 Å². The average molecular weight is 447 g/mol. The van der Waals surface area contributed by atoms with Gasteiger partial charge >= 0.3 is 12.4 Å². The van der Waals surface area contributed by atoms with Crippen molar-refractivity contribution in [1.82, 2.24) is 5.32 Å². The summed E-state index contributed by atoms with van der Waals surface area (Å²) in [5, 5.41) is 2.13. The van der Waals surface area contributed by atoms with E-state index in [9.17, 15) is 31.1 Å². The first kappa shape index (κ1) is 24.3. The van der Waals surface area contributed by atoms with E-state index < -0.39 is 36.0 Å². The number of rotatable bonds is 7. The van der Waals surface area contributed by atoms with Gasteiger partial charge in [0.1, 0.15) is 5.75 Å². The van der Waals surface area contributed by atoms with E-state index in [0.29, 0.717) is 0 Å². The van der Waals surface area contributed by atoms with Crippen LogP contribution < -0.4 is 10.1 Å². The Bertz CT molecular complexity index is 922. The van der Waals surface area contributed by atoms with Gasteiger partial charge in [-0.05, 0) is 41.5 Å². The minimum Gasteiger partial charge on any atom is -0.497 e. The van der Waals surface area contributed by atoms with Crippen molar-refractivity contribution >= 4 is 12.0 Å². The number of carbonyl (C=O) groups is 1. The molecule has 10 heteroatoms. The van der Waals surface area contributed by atoms with E-state index in [-0.39, 0.29) is 16.9 Å². The van der Waals surface area contributed by atoms with Crippen molar-refractivity contribution in [2.45, 2.75) is 18.0 Å². The van der Waals surface area contributed by atoms with Gasteiger partial charge in [-0.25, -0.2) is 0 Å². The molecule has 0 radical (unpaired) electrons. The number of methoxy groups -OCH3 is 2. The second-order valence-corrected chi connectivity index (χ2v) is 6.43. The molecule has 0 aliphatic heterocycles. The summed E-state index contributed by atoms with van der Waals surface area (Å²) in [5.74, 6) is -0.704. The summed E-state index contributed by atoms with van der Waals surface area (Å²) in [6, 6.07) is 9.12. The lowest BCUT2D eigenvalue weighted by atomic mass is 9.92. The highest BCUT2D eigenvalue weighted by molar-refractivity contribution is 5.91. The van der Waals surface area contributed by atoms with E-state index in [1.165, 1.54) is 31.4 Å². The molecule has 0 aliphatic carbocycles. The Morgan fingerprint density at radius 2 is 1.61 bits per heavy atom. The average Bonchev–Trinajstić information content (AvgIpc) is 2.72. The predicted molar refractivity (Wildman–Crippen MR) is 101 cm³/mol. The van der Waals surface area contributed by atoms with Crippen LogP contribution in [-0.2, 0) is 21.3 Å². The quantitative estimate of drug-likeness (QED) is 0.483. The van der Waals surface area contributed by atoms with Crippen LogP contribution in [0.1, 0.15) is 16.7 Å². The molecule has 0 heterocycles. The summed E-state index contributed by atoms with van der Waals surface area (Å²) in [5.41, 5.74) is -3.69. The summed E-state index contributed by atoms with van der Waals surface area (Å²) >= 11 is 0. The zero-order valence-corrected chi connectivity index (χ0v) is 16.5. The number of carbonyl (C=O) groups excluding carboxylic acids is 1. The van der Waals surface area contributed by atoms with Gasteiger partial charge in [0, 0.05) is 13.2 Å². The van der Waals surface area contributed by atoms with Crippen LogP contribution in [0.15, 0.2) is 54.6 Å². The molecule has 4 nitrogen and oxygen atoms in total. The Balaban J connectivity index is 2.17. The van der Waals surface area contributed by atoms with Crippen molar-refractivity contribution < 1.29 is 40.6 Å². The molecule has 2 rings (SSSR count). The van der Waals surface area contributed by atoms with Crippen molar-refractivity contribution in [1.29, 1.82) is 0 Å². The molecule has 0 fully saturated rings. The van der Waals surface area contributed by atoms with E-state index in [4.69, 9.17) is 9.47 Å². The third-order valence-corrected chi connectivity index (χ3v) is 4.52. The number of benzene rings is 2. The van der Waals surface area contributed by atoms with E-state index in [2.05, 4.69) is 5.32 Å². The lowest BCUT2D eigenvalue weighted by molar-refractivity contribution is -0.274. The van der Waals surface area contributed by atoms with Gasteiger partial charge in [-0.2, -0.15) is 26.3 Å². The fraction of sp³-hybridized carbons (Fsp3) is 0.286. The molecule has 1 atom stereocenters. The fourth-order valence-corrected chi connectivity index (χ4v) is 2.77. The maximum absolute atomic E-state index is 13.9. The van der Waals surface area contributed by atoms with Crippen molar-refractivity contribution in [3.8, 4) is 5.75 Å². The summed E-state index contributed by atoms with van der Waals surface area (Å²) in [6.07, 6.45) is -7.27. The monoisotopic (exact) mass is 447 g/mol. The first-order valence-electron chi connectivity index (χ1n) is 8.82. The first-order chi connectivity index (χ1) is 14.4. The third-order valence-electron chi connectivity index (χ3n) is 4.52. The smallest absolute Gasteiger partial charge is 0.423 e. The number of halogens is 6. The maximum Gasteiger partial charge on any atom is 0.423 e. The minimum atomic E-state index is -4.88. The molecule has 0 aromatic heterocycles. The normalized spacial score (nSPS) is 14.3. The molecule has 1 N–H and O–H groups in total. The van der Waals surface area contributed by atoms with Crippen LogP contribution >= 0.6 is 0 Å². The number of nitrogens with one attached hydrogen (secondary N) is 1. The largest absolute Gasteiger partial charge is 0.497 e. The van der Waals surface area contributed by atoms with Gasteiger partial charge in [0.25, 0.3) is 0 Å². The molecule has 0 spiro atoms. The Hall–Kier alpha value is -3.01. The molecule has 1 unspecified atom stereocenters. The molecule has 0 saturated carbocycles. The third kappa shape index (κ3) is 5.78. The zero-order valence-electron chi connectivity index (χ0n) is 16.5. The standard InChI is InChI=1S/C21H19F6NO3/c1-30-17-5-3-4-16(12-17)19(31-2,21(25,26)27)13-28-18(29)11-8-14-6-9-15(10-7-14)20(22,23)24/h3-12H,13H2,1-2H3,(H,28,29). The van der Waals surface area contributed by atoms with Crippen LogP contribution in [0.3, 0.4) is 0 Å². The molecule has 0 aliphatic rings. The number of alkyl halides is 6. The lowest BCUT2D eigenvalue weighted by Crippen LogP contribution is -2.52. The zero-order chi connectivity index (χ0) is 23.3. The van der Waals surface area contributed by atoms with Crippen molar-refractivity contribution in [2.75, 3.05) is 20.8 Å². The van der Waals surface area contributed by atoms with Crippen molar-refractivity contribution in [3.63, 3.8) is 0 Å². The van der Waals surface area contributed by atoms with E-state index >= 15 is 0 Å². The SMILES string of the molecule is COc1cccc(C(CNC(=O)C=Cc2ccc(C(F)(F)F)cc2)(OC)C(F)(F)F)c1. The van der Waals surface area contributed by atoms with Crippen molar-refractivity contribution in [3.05, 3.63) is 71.3 Å². The number of amides is 1. The summed E-state index contributed by atoms with van der Waals surface area (Å²) < 4.78 is 89.2. The Labute approximate surface area is 174 Å². The van der Waals surface area contributed by atoms with Crippen molar-refractivity contribution in [2.24, 2.45) is 0 Å². The molecule has 168 valence electrons. The number of ether oxygens (including phenoxy) is 2. The van der Waals surface area contributed by atoms with E-state index in [1.54, 1.807) is 0 Å². The van der Waals surface area contributed by atoms with Gasteiger partial charge < -0.3 is 14.8 Å². The van der Waals surface area contributed by atoms with Gasteiger partial charge in [-0.1, -0.05) is 24.3 Å². The van der Waals surface area contributed by atoms with E-state index in [0.717, 1.165) is 43.5 Å². The van der Waals surface area contributed by atoms with Gasteiger partial charge in [-0.15, -0.1) is 0 Å². The molecule has 1 amide bonds. The van der Waals surface area contributed by atoms with Crippen LogP contribution in [0.4, 0.5) is 26.3 Å². The molecule has 31 heavy (non-hydrogen) atoms. The van der Waals surface area contributed by atoms with Crippen LogP contribution in [0.25, 0.3) is 6.08 Å². The highest BCUT2D eigenvalue weighted by Crippen LogP contribution is 2.42. The predicted octanol–water partition coefficient (Wildman–Crippen LogP) is 4.95. The Kier molecular flexibility index (Phi) is 7.37. The lowest BCUT2D eigenvalue weighted by Gasteiger charge is -2.35. The second-order valence-electron chi connectivity index (χ2n) is 6.43. The molecular formula is C21H19F6NO3. The van der Waals surface area contributed by atoms with Crippen LogP contribution in [0.5, 0.6) is 5.75 Å². The second kappa shape index (κ2) is 9.42. The summed E-state index contributed by atoms with van der Waals surface area (Å²) in [4.78, 5) is 12.1. The minimum absolute atomic E-state index is 0.178.